The SMILES string of the molecule is CC(C)CCC[C@@H](C)[C@@H]1CC[C@@H]2[C@H]3CC=C4C[C@@H](OC(=O)Oc5c(Br)cc(Br)cc5Br)CC[C@]4(C)[C@H]3CC[C@@]21C. The van der Waals surface area contributed by atoms with E-state index in [4.69, 9.17) is 9.47 Å². The highest BCUT2D eigenvalue weighted by molar-refractivity contribution is 9.11. The number of benzene rings is 1. The predicted molar refractivity (Wildman–Crippen MR) is 173 cm³/mol. The van der Waals surface area contributed by atoms with E-state index in [1.807, 2.05) is 12.1 Å². The fourth-order valence-electron chi connectivity index (χ4n) is 9.62. The highest BCUT2D eigenvalue weighted by Gasteiger charge is 2.59. The molecule has 1 aromatic carbocycles. The Balaban J connectivity index is 1.23. The second kappa shape index (κ2) is 12.3. The van der Waals surface area contributed by atoms with Crippen LogP contribution < -0.4 is 4.74 Å². The Morgan fingerprint density at radius 3 is 2.40 bits per heavy atom. The summed E-state index contributed by atoms with van der Waals surface area (Å²) in [6.07, 6.45) is 15.7. The van der Waals surface area contributed by atoms with Crippen LogP contribution in [0.25, 0.3) is 0 Å². The summed E-state index contributed by atoms with van der Waals surface area (Å²) in [6.45, 7) is 12.5. The van der Waals surface area contributed by atoms with Gasteiger partial charge in [0.15, 0.2) is 5.75 Å². The lowest BCUT2D eigenvalue weighted by Crippen LogP contribution is -2.51. The first kappa shape index (κ1) is 31.1. The molecular weight excluding hydrogens is 696 g/mol. The molecule has 0 spiro atoms. The van der Waals surface area contributed by atoms with Crippen molar-refractivity contribution in [1.29, 1.82) is 0 Å². The van der Waals surface area contributed by atoms with Crippen LogP contribution in [0.5, 0.6) is 5.75 Å². The highest BCUT2D eigenvalue weighted by Crippen LogP contribution is 2.67. The second-order valence-corrected chi connectivity index (χ2v) is 16.9. The van der Waals surface area contributed by atoms with Crippen molar-refractivity contribution in [2.75, 3.05) is 0 Å². The first-order valence-electron chi connectivity index (χ1n) is 15.6. The third kappa shape index (κ3) is 6.03. The van der Waals surface area contributed by atoms with Gasteiger partial charge in [-0.3, -0.25) is 0 Å². The van der Waals surface area contributed by atoms with E-state index in [0.717, 1.165) is 59.2 Å². The monoisotopic (exact) mass is 740 g/mol. The summed E-state index contributed by atoms with van der Waals surface area (Å²) in [5.41, 5.74) is 2.29. The maximum absolute atomic E-state index is 12.8. The minimum absolute atomic E-state index is 0.118. The lowest BCUT2D eigenvalue weighted by Gasteiger charge is -2.58. The minimum Gasteiger partial charge on any atom is -0.430 e. The molecule has 222 valence electrons. The smallest absolute Gasteiger partial charge is 0.430 e. The van der Waals surface area contributed by atoms with E-state index < -0.39 is 6.16 Å². The van der Waals surface area contributed by atoms with Gasteiger partial charge in [0.25, 0.3) is 0 Å². The predicted octanol–water partition coefficient (Wildman–Crippen LogP) is 11.9. The Kier molecular flexibility index (Phi) is 9.60. The summed E-state index contributed by atoms with van der Waals surface area (Å²) in [4.78, 5) is 12.8. The fraction of sp³-hybridized carbons (Fsp3) is 0.735. The van der Waals surface area contributed by atoms with Crippen LogP contribution in [0.4, 0.5) is 4.79 Å². The first-order chi connectivity index (χ1) is 18.9. The summed E-state index contributed by atoms with van der Waals surface area (Å²) < 4.78 is 13.8. The van der Waals surface area contributed by atoms with Crippen molar-refractivity contribution in [3.05, 3.63) is 37.2 Å². The van der Waals surface area contributed by atoms with Gasteiger partial charge in [0.1, 0.15) is 6.10 Å². The molecule has 6 heteroatoms. The molecule has 4 aliphatic rings. The van der Waals surface area contributed by atoms with Crippen LogP contribution >= 0.6 is 47.8 Å². The molecule has 3 nitrogen and oxygen atoms in total. The summed E-state index contributed by atoms with van der Waals surface area (Å²) >= 11 is 10.4. The molecule has 0 amide bonds. The minimum atomic E-state index is -0.625. The standard InChI is InChI=1S/C34H47Br3O3/c1-20(2)7-6-8-21(3)26-11-12-27-25-10-9-22-17-24(13-15-33(22,4)28(25)14-16-34(26,27)5)39-32(38)40-31-29(36)18-23(35)19-30(31)37/h9,18-21,24-28H,6-8,10-17H2,1-5H3/t21-,24+,25-,26+,27-,28+,33+,34-/m1/s1. The molecule has 0 saturated heterocycles. The Morgan fingerprint density at radius 2 is 1.70 bits per heavy atom. The number of ether oxygens (including phenoxy) is 2. The van der Waals surface area contributed by atoms with Gasteiger partial charge in [0.05, 0.1) is 8.95 Å². The van der Waals surface area contributed by atoms with E-state index in [1.165, 1.54) is 56.9 Å². The number of allylic oxidation sites excluding steroid dienone is 1. The molecule has 1 aromatic rings. The normalized spacial score (nSPS) is 35.8. The number of carbonyl (C=O) groups is 1. The van der Waals surface area contributed by atoms with Crippen molar-refractivity contribution in [2.45, 2.75) is 111 Å². The van der Waals surface area contributed by atoms with Crippen LogP contribution in [-0.2, 0) is 4.74 Å². The van der Waals surface area contributed by atoms with Gasteiger partial charge in [0, 0.05) is 10.9 Å². The number of fused-ring (bicyclic) bond motifs is 5. The van der Waals surface area contributed by atoms with E-state index in [2.05, 4.69) is 88.5 Å². The summed E-state index contributed by atoms with van der Waals surface area (Å²) in [5, 5.41) is 0. The van der Waals surface area contributed by atoms with Crippen molar-refractivity contribution in [2.24, 2.45) is 46.3 Å². The molecule has 5 rings (SSSR count). The van der Waals surface area contributed by atoms with Crippen molar-refractivity contribution in [3.8, 4) is 5.75 Å². The molecule has 0 aromatic heterocycles. The van der Waals surface area contributed by atoms with Gasteiger partial charge in [-0.05, 0) is 135 Å². The average molecular weight is 743 g/mol. The molecule has 0 radical (unpaired) electrons. The summed E-state index contributed by atoms with van der Waals surface area (Å²) in [7, 11) is 0. The number of hydrogen-bond donors (Lipinski definition) is 0. The van der Waals surface area contributed by atoms with Gasteiger partial charge in [-0.1, -0.05) is 81.5 Å². The zero-order valence-corrected chi connectivity index (χ0v) is 29.7. The van der Waals surface area contributed by atoms with Gasteiger partial charge in [-0.15, -0.1) is 0 Å². The Morgan fingerprint density at radius 1 is 0.975 bits per heavy atom. The molecule has 0 aliphatic heterocycles. The lowest BCUT2D eigenvalue weighted by molar-refractivity contribution is -0.0597. The number of carbonyl (C=O) groups excluding carboxylic acids is 1. The van der Waals surface area contributed by atoms with Crippen LogP contribution in [-0.4, -0.2) is 12.3 Å². The number of hydrogen-bond acceptors (Lipinski definition) is 3. The molecule has 8 atom stereocenters. The van der Waals surface area contributed by atoms with E-state index in [9.17, 15) is 4.79 Å². The Bertz CT molecular complexity index is 1110. The zero-order chi connectivity index (χ0) is 28.8. The molecular formula is C34H47Br3O3. The van der Waals surface area contributed by atoms with Crippen LogP contribution in [0.3, 0.4) is 0 Å². The fourth-order valence-corrected chi connectivity index (χ4v) is 12.0. The van der Waals surface area contributed by atoms with E-state index in [0.29, 0.717) is 20.1 Å². The Labute approximate surface area is 267 Å². The van der Waals surface area contributed by atoms with Crippen molar-refractivity contribution in [1.82, 2.24) is 0 Å². The molecule has 40 heavy (non-hydrogen) atoms. The molecule has 0 bridgehead atoms. The highest BCUT2D eigenvalue weighted by atomic mass is 79.9. The maximum Gasteiger partial charge on any atom is 0.514 e. The van der Waals surface area contributed by atoms with Crippen molar-refractivity contribution in [3.63, 3.8) is 0 Å². The molecule has 0 N–H and O–H groups in total. The number of halogens is 3. The molecule has 4 aliphatic carbocycles. The Hall–Kier alpha value is -0.330. The van der Waals surface area contributed by atoms with Gasteiger partial charge >= 0.3 is 6.16 Å². The van der Waals surface area contributed by atoms with Crippen molar-refractivity contribution < 1.29 is 14.3 Å². The maximum atomic E-state index is 12.8. The van der Waals surface area contributed by atoms with Gasteiger partial charge in [-0.25, -0.2) is 4.79 Å². The average Bonchev–Trinajstić information content (AvgIpc) is 3.23. The molecule has 3 saturated carbocycles. The van der Waals surface area contributed by atoms with Crippen LogP contribution in [0.2, 0.25) is 0 Å². The lowest BCUT2D eigenvalue weighted by atomic mass is 9.47. The van der Waals surface area contributed by atoms with E-state index in [1.54, 1.807) is 0 Å². The summed E-state index contributed by atoms with van der Waals surface area (Å²) in [6, 6.07) is 3.72. The first-order valence-corrected chi connectivity index (χ1v) is 18.0. The van der Waals surface area contributed by atoms with Crippen LogP contribution in [0, 0.1) is 46.3 Å². The van der Waals surface area contributed by atoms with Gasteiger partial charge in [0.2, 0.25) is 0 Å². The quantitative estimate of drug-likeness (QED) is 0.158. The third-order valence-corrected chi connectivity index (χ3v) is 13.3. The summed E-state index contributed by atoms with van der Waals surface area (Å²) in [5.74, 6) is 5.46. The van der Waals surface area contributed by atoms with E-state index >= 15 is 0 Å². The van der Waals surface area contributed by atoms with Crippen molar-refractivity contribution >= 4 is 53.9 Å². The molecule has 0 unspecified atom stereocenters. The zero-order valence-electron chi connectivity index (χ0n) is 24.9. The largest absolute Gasteiger partial charge is 0.514 e. The topological polar surface area (TPSA) is 35.5 Å². The number of rotatable bonds is 7. The van der Waals surface area contributed by atoms with Gasteiger partial charge in [-0.2, -0.15) is 0 Å². The van der Waals surface area contributed by atoms with Crippen LogP contribution in [0.1, 0.15) is 105 Å². The second-order valence-electron chi connectivity index (χ2n) is 14.3. The van der Waals surface area contributed by atoms with E-state index in [-0.39, 0.29) is 11.5 Å². The molecule has 0 heterocycles. The molecule has 3 fully saturated rings. The third-order valence-electron chi connectivity index (χ3n) is 11.7. The van der Waals surface area contributed by atoms with Crippen LogP contribution in [0.15, 0.2) is 37.2 Å². The van der Waals surface area contributed by atoms with Gasteiger partial charge < -0.3 is 9.47 Å².